The van der Waals surface area contributed by atoms with Crippen LogP contribution in [0.25, 0.3) is 0 Å². The van der Waals surface area contributed by atoms with Crippen molar-refractivity contribution in [2.45, 2.75) is 12.5 Å². The van der Waals surface area contributed by atoms with Crippen molar-refractivity contribution < 1.29 is 9.90 Å². The molecule has 1 heterocycles. The van der Waals surface area contributed by atoms with E-state index in [4.69, 9.17) is 5.73 Å². The lowest BCUT2D eigenvalue weighted by atomic mass is 10.0. The molecule has 2 rings (SSSR count). The standard InChI is InChI=1S/C13H15N3O2/c1-16-8-10(7-15-16)13(14)12(18)6-9-3-2-4-11(17)5-9/h2-5,7-8,13,17H,6,14H2,1H3. The molecule has 5 nitrogen and oxygen atoms in total. The third kappa shape index (κ3) is 2.75. The number of benzene rings is 1. The number of aromatic nitrogens is 2. The normalized spacial score (nSPS) is 12.3. The number of carbonyl (C=O) groups is 1. The van der Waals surface area contributed by atoms with Crippen molar-refractivity contribution in [2.24, 2.45) is 12.8 Å². The molecule has 18 heavy (non-hydrogen) atoms. The van der Waals surface area contributed by atoms with Gasteiger partial charge in [-0.2, -0.15) is 5.10 Å². The van der Waals surface area contributed by atoms with Crippen LogP contribution in [0.4, 0.5) is 0 Å². The second-order valence-corrected chi connectivity index (χ2v) is 4.24. The van der Waals surface area contributed by atoms with Crippen molar-refractivity contribution in [3.8, 4) is 5.75 Å². The van der Waals surface area contributed by atoms with Gasteiger partial charge in [0.1, 0.15) is 5.75 Å². The van der Waals surface area contributed by atoms with E-state index in [2.05, 4.69) is 5.10 Å². The van der Waals surface area contributed by atoms with E-state index >= 15 is 0 Å². The highest BCUT2D eigenvalue weighted by molar-refractivity contribution is 5.86. The molecule has 0 aliphatic rings. The summed E-state index contributed by atoms with van der Waals surface area (Å²) in [5.41, 5.74) is 7.32. The average Bonchev–Trinajstić information content (AvgIpc) is 2.75. The fourth-order valence-electron chi connectivity index (χ4n) is 1.76. The summed E-state index contributed by atoms with van der Waals surface area (Å²) >= 11 is 0. The molecule has 3 N–H and O–H groups in total. The zero-order valence-electron chi connectivity index (χ0n) is 10.1. The molecule has 94 valence electrons. The number of hydrogen-bond donors (Lipinski definition) is 2. The Balaban J connectivity index is 2.08. The third-order valence-corrected chi connectivity index (χ3v) is 2.72. The number of carbonyl (C=O) groups excluding carboxylic acids is 1. The Morgan fingerprint density at radius 1 is 1.56 bits per heavy atom. The number of Topliss-reactive ketones (excluding diaryl/α,β-unsaturated/α-hetero) is 1. The van der Waals surface area contributed by atoms with E-state index in [9.17, 15) is 9.90 Å². The lowest BCUT2D eigenvalue weighted by Crippen LogP contribution is -2.22. The van der Waals surface area contributed by atoms with Gasteiger partial charge in [-0.1, -0.05) is 12.1 Å². The van der Waals surface area contributed by atoms with E-state index in [1.54, 1.807) is 48.4 Å². The maximum absolute atomic E-state index is 12.0. The van der Waals surface area contributed by atoms with Gasteiger partial charge in [-0.3, -0.25) is 9.48 Å². The van der Waals surface area contributed by atoms with Crippen LogP contribution in [-0.2, 0) is 18.3 Å². The summed E-state index contributed by atoms with van der Waals surface area (Å²) in [5.74, 6) is 0.0452. The van der Waals surface area contributed by atoms with Gasteiger partial charge < -0.3 is 10.8 Å². The van der Waals surface area contributed by atoms with Gasteiger partial charge in [0.25, 0.3) is 0 Å². The van der Waals surface area contributed by atoms with Gasteiger partial charge in [-0.15, -0.1) is 0 Å². The number of nitrogens with zero attached hydrogens (tertiary/aromatic N) is 2. The highest BCUT2D eigenvalue weighted by Gasteiger charge is 2.17. The summed E-state index contributed by atoms with van der Waals surface area (Å²) in [6.07, 6.45) is 3.51. The first-order valence-electron chi connectivity index (χ1n) is 5.61. The molecule has 0 fully saturated rings. The fourth-order valence-corrected chi connectivity index (χ4v) is 1.76. The van der Waals surface area contributed by atoms with Crippen molar-refractivity contribution in [3.05, 3.63) is 47.8 Å². The number of aryl methyl sites for hydroxylation is 1. The first kappa shape index (κ1) is 12.3. The quantitative estimate of drug-likeness (QED) is 0.839. The monoisotopic (exact) mass is 245 g/mol. The van der Waals surface area contributed by atoms with Gasteiger partial charge in [-0.25, -0.2) is 0 Å². The Hall–Kier alpha value is -2.14. The SMILES string of the molecule is Cn1cc(C(N)C(=O)Cc2cccc(O)c2)cn1. The van der Waals surface area contributed by atoms with Crippen molar-refractivity contribution in [1.29, 1.82) is 0 Å². The molecule has 0 spiro atoms. The van der Waals surface area contributed by atoms with Crippen LogP contribution in [-0.4, -0.2) is 20.7 Å². The zero-order chi connectivity index (χ0) is 13.1. The van der Waals surface area contributed by atoms with Gasteiger partial charge >= 0.3 is 0 Å². The highest BCUT2D eigenvalue weighted by atomic mass is 16.3. The average molecular weight is 245 g/mol. The van der Waals surface area contributed by atoms with E-state index in [1.165, 1.54) is 0 Å². The largest absolute Gasteiger partial charge is 0.508 e. The van der Waals surface area contributed by atoms with Crippen LogP contribution in [0.5, 0.6) is 5.75 Å². The molecule has 0 aliphatic heterocycles. The van der Waals surface area contributed by atoms with Crippen LogP contribution in [0.2, 0.25) is 0 Å². The molecule has 2 aromatic rings. The Labute approximate surface area is 105 Å². The van der Waals surface area contributed by atoms with Crippen molar-refractivity contribution in [3.63, 3.8) is 0 Å². The first-order chi connectivity index (χ1) is 8.56. The van der Waals surface area contributed by atoms with E-state index in [0.29, 0.717) is 5.56 Å². The Kier molecular flexibility index (Phi) is 3.43. The van der Waals surface area contributed by atoms with Crippen LogP contribution in [0.1, 0.15) is 17.2 Å². The third-order valence-electron chi connectivity index (χ3n) is 2.72. The smallest absolute Gasteiger partial charge is 0.158 e. The molecular weight excluding hydrogens is 230 g/mol. The zero-order valence-corrected chi connectivity index (χ0v) is 10.1. The summed E-state index contributed by atoms with van der Waals surface area (Å²) in [5, 5.41) is 13.3. The second kappa shape index (κ2) is 5.01. The van der Waals surface area contributed by atoms with E-state index in [-0.39, 0.29) is 18.0 Å². The maximum Gasteiger partial charge on any atom is 0.158 e. The van der Waals surface area contributed by atoms with Crippen molar-refractivity contribution >= 4 is 5.78 Å². The summed E-state index contributed by atoms with van der Waals surface area (Å²) in [6.45, 7) is 0. The van der Waals surface area contributed by atoms with Crippen LogP contribution in [0.15, 0.2) is 36.7 Å². The number of aromatic hydroxyl groups is 1. The summed E-state index contributed by atoms with van der Waals surface area (Å²) < 4.78 is 1.61. The number of rotatable bonds is 4. The predicted molar refractivity (Wildman–Crippen MR) is 67.0 cm³/mol. The Bertz CT molecular complexity index is 563. The number of hydrogen-bond acceptors (Lipinski definition) is 4. The van der Waals surface area contributed by atoms with Gasteiger partial charge in [0.05, 0.1) is 12.2 Å². The van der Waals surface area contributed by atoms with E-state index in [0.717, 1.165) is 5.56 Å². The van der Waals surface area contributed by atoms with Crippen LogP contribution < -0.4 is 5.73 Å². The molecule has 1 aromatic heterocycles. The molecule has 1 aromatic carbocycles. The minimum atomic E-state index is -0.680. The molecule has 0 saturated heterocycles. The van der Waals surface area contributed by atoms with Gasteiger partial charge in [-0.05, 0) is 17.7 Å². The van der Waals surface area contributed by atoms with Gasteiger partial charge in [0, 0.05) is 25.2 Å². The molecule has 0 bridgehead atoms. The van der Waals surface area contributed by atoms with E-state index < -0.39 is 6.04 Å². The lowest BCUT2D eigenvalue weighted by molar-refractivity contribution is -0.119. The first-order valence-corrected chi connectivity index (χ1v) is 5.61. The maximum atomic E-state index is 12.0. The Morgan fingerprint density at radius 2 is 2.33 bits per heavy atom. The van der Waals surface area contributed by atoms with Crippen LogP contribution in [0.3, 0.4) is 0 Å². The predicted octanol–water partition coefficient (Wildman–Crippen LogP) is 0.937. The Morgan fingerprint density at radius 3 is 2.94 bits per heavy atom. The van der Waals surface area contributed by atoms with Gasteiger partial charge in [0.15, 0.2) is 5.78 Å². The lowest BCUT2D eigenvalue weighted by Gasteiger charge is -2.08. The van der Waals surface area contributed by atoms with Crippen LogP contribution in [0, 0.1) is 0 Å². The van der Waals surface area contributed by atoms with Gasteiger partial charge in [0.2, 0.25) is 0 Å². The molecule has 1 unspecified atom stereocenters. The minimum absolute atomic E-state index is 0.103. The van der Waals surface area contributed by atoms with E-state index in [1.807, 2.05) is 0 Å². The number of ketones is 1. The molecular formula is C13H15N3O2. The molecule has 0 aliphatic carbocycles. The molecule has 0 radical (unpaired) electrons. The fraction of sp³-hybridized carbons (Fsp3) is 0.231. The highest BCUT2D eigenvalue weighted by Crippen LogP contribution is 2.16. The number of nitrogens with two attached hydrogens (primary N) is 1. The minimum Gasteiger partial charge on any atom is -0.508 e. The summed E-state index contributed by atoms with van der Waals surface area (Å²) in [4.78, 5) is 12.0. The van der Waals surface area contributed by atoms with Crippen LogP contribution >= 0.6 is 0 Å². The van der Waals surface area contributed by atoms with Crippen molar-refractivity contribution in [2.75, 3.05) is 0 Å². The molecule has 0 saturated carbocycles. The summed E-state index contributed by atoms with van der Waals surface area (Å²) in [6, 6.07) is 5.94. The molecule has 0 amide bonds. The van der Waals surface area contributed by atoms with Crippen molar-refractivity contribution in [1.82, 2.24) is 9.78 Å². The number of phenols is 1. The molecule has 5 heteroatoms. The second-order valence-electron chi connectivity index (χ2n) is 4.24. The number of phenolic OH excluding ortho intramolecular Hbond substituents is 1. The molecule has 1 atom stereocenters. The topological polar surface area (TPSA) is 81.1 Å². The summed E-state index contributed by atoms with van der Waals surface area (Å²) in [7, 11) is 1.77.